The van der Waals surface area contributed by atoms with Gasteiger partial charge in [0.15, 0.2) is 9.84 Å². The number of imidazole rings is 1. The van der Waals surface area contributed by atoms with E-state index in [0.717, 1.165) is 0 Å². The van der Waals surface area contributed by atoms with Crippen molar-refractivity contribution in [2.45, 2.75) is 42.3 Å². The first-order valence-corrected chi connectivity index (χ1v) is 13.8. The molecule has 1 aromatic heterocycles. The van der Waals surface area contributed by atoms with Crippen molar-refractivity contribution in [2.24, 2.45) is 0 Å². The molecule has 1 heterocycles. The van der Waals surface area contributed by atoms with Crippen LogP contribution in [0.1, 0.15) is 47.6 Å². The summed E-state index contributed by atoms with van der Waals surface area (Å²) in [6, 6.07) is 11.8. The van der Waals surface area contributed by atoms with Crippen LogP contribution in [0.3, 0.4) is 0 Å². The Morgan fingerprint density at radius 2 is 1.86 bits per heavy atom. The van der Waals surface area contributed by atoms with Crippen LogP contribution in [-0.4, -0.2) is 47.6 Å². The van der Waals surface area contributed by atoms with Crippen molar-refractivity contribution < 1.29 is 31.4 Å². The number of nitrogens with one attached hydrogen (secondary N) is 1. The summed E-state index contributed by atoms with van der Waals surface area (Å²) in [5.74, 6) is -0.667. The van der Waals surface area contributed by atoms with Gasteiger partial charge in [0.2, 0.25) is 0 Å². The highest BCUT2D eigenvalue weighted by Crippen LogP contribution is 2.44. The van der Waals surface area contributed by atoms with E-state index in [9.17, 15) is 26.7 Å². The van der Waals surface area contributed by atoms with Crippen molar-refractivity contribution in [1.29, 1.82) is 0 Å². The molecule has 0 radical (unpaired) electrons. The number of aliphatic hydroxyl groups excluding tert-OH is 1. The summed E-state index contributed by atoms with van der Waals surface area (Å²) in [7, 11) is -3.39. The molecule has 0 spiro atoms. The predicted molar refractivity (Wildman–Crippen MR) is 135 cm³/mol. The number of para-hydroxylation sites is 1. The molecule has 6 nitrogen and oxygen atoms in total. The molecule has 37 heavy (non-hydrogen) atoms. The number of fused-ring (bicyclic) bond motifs is 1. The highest BCUT2D eigenvalue weighted by molar-refractivity contribution is 7.91. The second kappa shape index (κ2) is 10.7. The fourth-order valence-corrected chi connectivity index (χ4v) is 6.45. The second-order valence-corrected chi connectivity index (χ2v) is 11.5. The van der Waals surface area contributed by atoms with E-state index >= 15 is 0 Å². The Morgan fingerprint density at radius 1 is 1.19 bits per heavy atom. The number of halogens is 5. The van der Waals surface area contributed by atoms with Crippen molar-refractivity contribution in [3.05, 3.63) is 76.9 Å². The lowest BCUT2D eigenvalue weighted by molar-refractivity contribution is -0.274. The van der Waals surface area contributed by atoms with E-state index in [2.05, 4.69) is 14.7 Å². The Labute approximate surface area is 222 Å². The van der Waals surface area contributed by atoms with Crippen LogP contribution in [0, 0.1) is 0 Å². The lowest BCUT2D eigenvalue weighted by atomic mass is 9.92. The molecule has 0 saturated heterocycles. The largest absolute Gasteiger partial charge is 0.573 e. The number of ether oxygens (including phenoxy) is 1. The third-order valence-corrected chi connectivity index (χ3v) is 8.66. The zero-order chi connectivity index (χ0) is 27.0. The maximum Gasteiger partial charge on any atom is 0.573 e. The minimum Gasteiger partial charge on any atom is -0.405 e. The summed E-state index contributed by atoms with van der Waals surface area (Å²) in [6.45, 7) is 1.44. The van der Waals surface area contributed by atoms with Crippen LogP contribution >= 0.6 is 23.2 Å². The third-order valence-electron chi connectivity index (χ3n) is 5.97. The molecule has 1 aliphatic carbocycles. The Hall–Kier alpha value is -2.53. The van der Waals surface area contributed by atoms with Gasteiger partial charge in [0.05, 0.1) is 33.6 Å². The van der Waals surface area contributed by atoms with E-state index in [0.29, 0.717) is 29.2 Å². The quantitative estimate of drug-likeness (QED) is 0.327. The van der Waals surface area contributed by atoms with Crippen molar-refractivity contribution >= 4 is 43.6 Å². The van der Waals surface area contributed by atoms with Crippen molar-refractivity contribution in [1.82, 2.24) is 9.97 Å². The molecule has 2 N–H and O–H groups in total. The van der Waals surface area contributed by atoms with E-state index < -0.39 is 33.2 Å². The summed E-state index contributed by atoms with van der Waals surface area (Å²) in [6.07, 6.45) is -4.21. The van der Waals surface area contributed by atoms with Crippen LogP contribution < -0.4 is 4.74 Å². The van der Waals surface area contributed by atoms with Gasteiger partial charge in [-0.25, -0.2) is 13.4 Å². The molecule has 198 valence electrons. The maximum absolute atomic E-state index is 13.0. The van der Waals surface area contributed by atoms with Gasteiger partial charge in [-0.1, -0.05) is 48.9 Å². The monoisotopic (exact) mass is 574 g/mol. The smallest absolute Gasteiger partial charge is 0.405 e. The number of aromatic nitrogens is 2. The zero-order valence-electron chi connectivity index (χ0n) is 19.5. The third kappa shape index (κ3) is 5.82. The molecule has 12 heteroatoms. The molecule has 0 fully saturated rings. The van der Waals surface area contributed by atoms with Gasteiger partial charge < -0.3 is 14.8 Å². The average Bonchev–Trinajstić information content (AvgIpc) is 3.24. The minimum atomic E-state index is -4.90. The van der Waals surface area contributed by atoms with E-state index in [1.807, 2.05) is 0 Å². The normalized spacial score (nSPS) is 17.0. The molecular formula is C25H23Cl2F3N2O4S. The van der Waals surface area contributed by atoms with Crippen molar-refractivity contribution in [3.8, 4) is 5.75 Å². The molecule has 1 aliphatic rings. The number of sulfone groups is 1. The number of aliphatic hydroxyl groups is 1. The van der Waals surface area contributed by atoms with E-state index in [-0.39, 0.29) is 39.8 Å². The minimum absolute atomic E-state index is 0.0323. The van der Waals surface area contributed by atoms with Gasteiger partial charge in [0.1, 0.15) is 17.3 Å². The first-order valence-electron chi connectivity index (χ1n) is 11.4. The van der Waals surface area contributed by atoms with Gasteiger partial charge in [-0.05, 0) is 30.2 Å². The summed E-state index contributed by atoms with van der Waals surface area (Å²) in [4.78, 5) is 7.87. The molecule has 0 amide bonds. The topological polar surface area (TPSA) is 92.3 Å². The average molecular weight is 575 g/mol. The summed E-state index contributed by atoms with van der Waals surface area (Å²) in [5, 5.41) is 9.42. The molecule has 4 rings (SSSR count). The van der Waals surface area contributed by atoms with Crippen LogP contribution in [0.5, 0.6) is 5.75 Å². The van der Waals surface area contributed by atoms with Gasteiger partial charge in [-0.3, -0.25) is 0 Å². The van der Waals surface area contributed by atoms with Gasteiger partial charge >= 0.3 is 6.36 Å². The predicted octanol–water partition coefficient (Wildman–Crippen LogP) is 5.89. The number of allylic oxidation sites excluding steroid dienone is 1. The van der Waals surface area contributed by atoms with Crippen LogP contribution in [-0.2, 0) is 16.3 Å². The number of nitrogens with zero attached hydrogens (tertiary/aromatic N) is 1. The Bertz CT molecular complexity index is 1420. The lowest BCUT2D eigenvalue weighted by Crippen LogP contribution is -2.20. The molecule has 0 aliphatic heterocycles. The Balaban J connectivity index is 1.71. The Kier molecular flexibility index (Phi) is 7.94. The molecule has 2 atom stereocenters. The maximum atomic E-state index is 13.0. The second-order valence-electron chi connectivity index (χ2n) is 8.52. The summed E-state index contributed by atoms with van der Waals surface area (Å²) >= 11 is 13.2. The van der Waals surface area contributed by atoms with Crippen molar-refractivity contribution in [2.75, 3.05) is 12.4 Å². The number of alkyl halides is 4. The molecule has 2 aromatic carbocycles. The fraction of sp³-hybridized carbons (Fsp3) is 0.320. The zero-order valence-corrected chi connectivity index (χ0v) is 21.8. The number of benzene rings is 2. The van der Waals surface area contributed by atoms with Gasteiger partial charge in [-0.15, -0.1) is 24.8 Å². The SMILES string of the molecule is CCCS(=O)(=O)c1ccc(C(CO)c2nc3c([nH]2)CC(Cl)C(c2ccccc2OC(F)(F)F)=C3Cl)cc1. The molecule has 2 unspecified atom stereocenters. The molecule has 0 saturated carbocycles. The fourth-order valence-electron chi connectivity index (χ4n) is 4.30. The first-order chi connectivity index (χ1) is 17.4. The van der Waals surface area contributed by atoms with Gasteiger partial charge in [-0.2, -0.15) is 0 Å². The van der Waals surface area contributed by atoms with E-state index in [1.54, 1.807) is 25.1 Å². The van der Waals surface area contributed by atoms with Crippen LogP contribution in [0.15, 0.2) is 53.4 Å². The highest BCUT2D eigenvalue weighted by Gasteiger charge is 2.36. The summed E-state index contributed by atoms with van der Waals surface area (Å²) < 4.78 is 67.7. The molecule has 0 bridgehead atoms. The molecule has 3 aromatic rings. The number of hydrogen-bond donors (Lipinski definition) is 2. The summed E-state index contributed by atoms with van der Waals surface area (Å²) in [5.41, 5.74) is 1.85. The number of aromatic amines is 1. The Morgan fingerprint density at radius 3 is 2.49 bits per heavy atom. The lowest BCUT2D eigenvalue weighted by Gasteiger charge is -2.23. The van der Waals surface area contributed by atoms with E-state index in [1.165, 1.54) is 30.3 Å². The number of rotatable bonds is 8. The molecular weight excluding hydrogens is 552 g/mol. The first kappa shape index (κ1) is 27.5. The van der Waals surface area contributed by atoms with E-state index in [4.69, 9.17) is 23.2 Å². The van der Waals surface area contributed by atoms with Gasteiger partial charge in [0, 0.05) is 23.3 Å². The van der Waals surface area contributed by atoms with Crippen LogP contribution in [0.2, 0.25) is 0 Å². The number of hydrogen-bond acceptors (Lipinski definition) is 5. The van der Waals surface area contributed by atoms with Crippen molar-refractivity contribution in [3.63, 3.8) is 0 Å². The highest BCUT2D eigenvalue weighted by atomic mass is 35.5. The van der Waals surface area contributed by atoms with Gasteiger partial charge in [0.25, 0.3) is 0 Å². The standard InChI is InChI=1S/C25H23Cl2F3N2O4S/c1-2-11-37(34,35)15-9-7-14(8-10-15)17(13-33)24-31-19-12-18(26)21(22(27)23(19)32-24)16-5-3-4-6-20(16)36-25(28,29)30/h3-10,17-18,33H,2,11-13H2,1H3,(H,31,32). The van der Waals surface area contributed by atoms with Crippen LogP contribution in [0.25, 0.3) is 10.6 Å². The number of H-pyrrole nitrogens is 1. The van der Waals surface area contributed by atoms with Crippen LogP contribution in [0.4, 0.5) is 13.2 Å².